The van der Waals surface area contributed by atoms with Crippen LogP contribution in [0.3, 0.4) is 0 Å². The molecule has 42 heavy (non-hydrogen) atoms. The van der Waals surface area contributed by atoms with Gasteiger partial charge in [0, 0.05) is 34.0 Å². The van der Waals surface area contributed by atoms with Crippen LogP contribution in [0.2, 0.25) is 5.02 Å². The fourth-order valence-corrected chi connectivity index (χ4v) is 6.54. The van der Waals surface area contributed by atoms with Crippen molar-refractivity contribution in [2.24, 2.45) is 0 Å². The smallest absolute Gasteiger partial charge is 0.255 e. The van der Waals surface area contributed by atoms with Gasteiger partial charge >= 0.3 is 0 Å². The maximum Gasteiger partial charge on any atom is 0.255 e. The molecule has 1 saturated heterocycles. The molecule has 2 aliphatic rings. The van der Waals surface area contributed by atoms with E-state index in [2.05, 4.69) is 11.9 Å². The Hall–Kier alpha value is -4.04. The molecule has 0 aliphatic carbocycles. The molecule has 1 aromatic heterocycles. The van der Waals surface area contributed by atoms with E-state index in [9.17, 15) is 14.0 Å². The predicted molar refractivity (Wildman–Crippen MR) is 159 cm³/mol. The van der Waals surface area contributed by atoms with Gasteiger partial charge in [-0.3, -0.25) is 9.59 Å². The lowest BCUT2D eigenvalue weighted by Crippen LogP contribution is -2.67. The van der Waals surface area contributed by atoms with E-state index in [4.69, 9.17) is 21.1 Å². The van der Waals surface area contributed by atoms with Crippen molar-refractivity contribution in [2.45, 2.75) is 45.2 Å². The van der Waals surface area contributed by atoms with Crippen LogP contribution in [-0.2, 0) is 21.7 Å². The second-order valence-electron chi connectivity index (χ2n) is 10.9. The quantitative estimate of drug-likeness (QED) is 0.259. The number of nitrogens with one attached hydrogen (secondary N) is 1. The molecule has 2 aliphatic heterocycles. The third-order valence-electron chi connectivity index (χ3n) is 8.36. The van der Waals surface area contributed by atoms with Gasteiger partial charge in [-0.15, -0.1) is 0 Å². The Labute approximate surface area is 249 Å². The Bertz CT molecular complexity index is 1670. The number of aromatic nitrogens is 1. The van der Waals surface area contributed by atoms with Crippen LogP contribution in [0.1, 0.15) is 55.5 Å². The molecule has 1 N–H and O–H groups in total. The third-order valence-corrected chi connectivity index (χ3v) is 8.71. The molecule has 3 aromatic carbocycles. The first kappa shape index (κ1) is 28.1. The number of benzene rings is 3. The first-order valence-corrected chi connectivity index (χ1v) is 14.7. The number of hydrogen-bond donors (Lipinski definition) is 1. The van der Waals surface area contributed by atoms with Gasteiger partial charge < -0.3 is 24.3 Å². The predicted octanol–water partition coefficient (Wildman–Crippen LogP) is 6.38. The van der Waals surface area contributed by atoms with Crippen LogP contribution in [0.5, 0.6) is 11.5 Å². The van der Waals surface area contributed by atoms with E-state index in [-0.39, 0.29) is 41.4 Å². The van der Waals surface area contributed by atoms with Crippen molar-refractivity contribution < 1.29 is 23.5 Å². The summed E-state index contributed by atoms with van der Waals surface area (Å²) >= 11 is 6.30. The molecule has 0 spiro atoms. The largest absolute Gasteiger partial charge is 0.490 e. The minimum atomic E-state index is -1.31. The lowest BCUT2D eigenvalue weighted by Gasteiger charge is -2.51. The highest BCUT2D eigenvalue weighted by molar-refractivity contribution is 6.31. The Morgan fingerprint density at radius 2 is 1.86 bits per heavy atom. The van der Waals surface area contributed by atoms with Gasteiger partial charge in [0.25, 0.3) is 5.91 Å². The number of hydrogen-bond acceptors (Lipinski definition) is 4. The summed E-state index contributed by atoms with van der Waals surface area (Å²) < 4.78 is 26.6. The van der Waals surface area contributed by atoms with Gasteiger partial charge in [0.2, 0.25) is 5.91 Å². The average molecular weight is 590 g/mol. The molecule has 0 radical (unpaired) electrons. The minimum Gasteiger partial charge on any atom is -0.490 e. The lowest BCUT2D eigenvalue weighted by molar-refractivity contribution is -0.167. The number of rotatable bonds is 8. The third kappa shape index (κ3) is 4.49. The second-order valence-corrected chi connectivity index (χ2v) is 11.3. The zero-order valence-corrected chi connectivity index (χ0v) is 24.6. The number of H-pyrrole nitrogens is 1. The molecule has 2 atom stereocenters. The number of carbonyl (C=O) groups excluding carboxylic acids is 2. The van der Waals surface area contributed by atoms with E-state index < -0.39 is 11.4 Å². The molecule has 2 unspecified atom stereocenters. The fourth-order valence-electron chi connectivity index (χ4n) is 6.32. The molecule has 6 rings (SSSR count). The van der Waals surface area contributed by atoms with E-state index in [1.165, 1.54) is 17.0 Å². The number of aromatic amines is 1. The lowest BCUT2D eigenvalue weighted by atomic mass is 9.76. The Kier molecular flexibility index (Phi) is 7.35. The molecular formula is C33H33ClFN3O4. The molecule has 9 heteroatoms. The topological polar surface area (TPSA) is 74.9 Å². The molecule has 7 nitrogen and oxygen atoms in total. The van der Waals surface area contributed by atoms with Crippen molar-refractivity contribution in [3.05, 3.63) is 93.9 Å². The molecule has 0 bridgehead atoms. The van der Waals surface area contributed by atoms with Gasteiger partial charge in [-0.05, 0) is 61.7 Å². The maximum absolute atomic E-state index is 14.7. The van der Waals surface area contributed by atoms with Crippen LogP contribution in [0.15, 0.2) is 60.7 Å². The Balaban J connectivity index is 1.47. The van der Waals surface area contributed by atoms with Crippen molar-refractivity contribution in [3.63, 3.8) is 0 Å². The number of para-hydroxylation sites is 1. The van der Waals surface area contributed by atoms with E-state index in [1.807, 2.05) is 49.4 Å². The van der Waals surface area contributed by atoms with Crippen LogP contribution in [0.25, 0.3) is 10.9 Å². The fraction of sp³-hybridized carbons (Fsp3) is 0.333. The highest BCUT2D eigenvalue weighted by Crippen LogP contribution is 2.49. The SMILES string of the molecule is CCCOc1ccc(C2CN3C(=O)CN(Cc4c(F)cccc4Cl)C(=O)C3(C)c3[nH]c4ccccc4c32)cc1OCC. The molecule has 1 fully saturated rings. The summed E-state index contributed by atoms with van der Waals surface area (Å²) in [7, 11) is 0. The summed E-state index contributed by atoms with van der Waals surface area (Å²) in [5.41, 5.74) is 2.32. The Morgan fingerprint density at radius 1 is 1.05 bits per heavy atom. The van der Waals surface area contributed by atoms with E-state index in [0.29, 0.717) is 37.0 Å². The van der Waals surface area contributed by atoms with E-state index in [1.54, 1.807) is 17.9 Å². The minimum absolute atomic E-state index is 0.102. The van der Waals surface area contributed by atoms with E-state index in [0.717, 1.165) is 28.5 Å². The summed E-state index contributed by atoms with van der Waals surface area (Å²) in [4.78, 5) is 34.7. The zero-order chi connectivity index (χ0) is 29.6. The Morgan fingerprint density at radius 3 is 2.62 bits per heavy atom. The average Bonchev–Trinajstić information content (AvgIpc) is 3.38. The normalized spacial score (nSPS) is 20.1. The first-order valence-electron chi connectivity index (χ1n) is 14.3. The number of piperazine rings is 1. The summed E-state index contributed by atoms with van der Waals surface area (Å²) in [5, 5.41) is 1.20. The van der Waals surface area contributed by atoms with Crippen LogP contribution < -0.4 is 9.47 Å². The molecule has 0 saturated carbocycles. The van der Waals surface area contributed by atoms with Crippen LogP contribution in [0.4, 0.5) is 4.39 Å². The molecular weight excluding hydrogens is 557 g/mol. The van der Waals surface area contributed by atoms with E-state index >= 15 is 0 Å². The van der Waals surface area contributed by atoms with Crippen molar-refractivity contribution in [1.82, 2.24) is 14.8 Å². The van der Waals surface area contributed by atoms with Crippen LogP contribution >= 0.6 is 11.6 Å². The molecule has 3 heterocycles. The maximum atomic E-state index is 14.7. The van der Waals surface area contributed by atoms with Crippen molar-refractivity contribution in [2.75, 3.05) is 26.3 Å². The number of halogens is 2. The summed E-state index contributed by atoms with van der Waals surface area (Å²) in [5.74, 6) is 0.0775. The van der Waals surface area contributed by atoms with Crippen LogP contribution in [-0.4, -0.2) is 52.9 Å². The first-order chi connectivity index (χ1) is 20.3. The standard InChI is InChI=1S/C33H33ClFN3O4/c1-4-15-42-27-14-13-20(16-28(27)41-5-2)22-18-38-29(39)19-37(17-23-24(34)10-8-11-25(23)35)32(40)33(38,3)31-30(22)21-9-6-7-12-26(21)36-31/h6-14,16,22,36H,4-5,15,17-19H2,1-3H3. The summed E-state index contributed by atoms with van der Waals surface area (Å²) in [6.07, 6.45) is 0.873. The van der Waals surface area contributed by atoms with Crippen molar-refractivity contribution >= 4 is 34.3 Å². The highest BCUT2D eigenvalue weighted by Gasteiger charge is 2.56. The molecule has 218 valence electrons. The number of amides is 2. The number of fused-ring (bicyclic) bond motifs is 5. The number of carbonyl (C=O) groups is 2. The molecule has 2 amide bonds. The number of nitrogens with zero attached hydrogens (tertiary/aromatic N) is 2. The zero-order valence-electron chi connectivity index (χ0n) is 23.9. The summed E-state index contributed by atoms with van der Waals surface area (Å²) in [6.45, 7) is 6.84. The van der Waals surface area contributed by atoms with Crippen molar-refractivity contribution in [1.29, 1.82) is 0 Å². The second kappa shape index (κ2) is 11.0. The van der Waals surface area contributed by atoms with Gasteiger partial charge in [0.15, 0.2) is 17.0 Å². The highest BCUT2D eigenvalue weighted by atomic mass is 35.5. The van der Waals surface area contributed by atoms with Gasteiger partial charge in [-0.1, -0.05) is 48.9 Å². The van der Waals surface area contributed by atoms with Gasteiger partial charge in [-0.2, -0.15) is 0 Å². The number of ether oxygens (including phenoxy) is 2. The van der Waals surface area contributed by atoms with Gasteiger partial charge in [0.1, 0.15) is 12.4 Å². The van der Waals surface area contributed by atoms with Crippen LogP contribution in [0, 0.1) is 5.82 Å². The van der Waals surface area contributed by atoms with Gasteiger partial charge in [-0.25, -0.2) is 4.39 Å². The van der Waals surface area contributed by atoms with Gasteiger partial charge in [0.05, 0.1) is 25.5 Å². The molecule has 4 aromatic rings. The van der Waals surface area contributed by atoms with Crippen molar-refractivity contribution in [3.8, 4) is 11.5 Å². The monoisotopic (exact) mass is 589 g/mol. The summed E-state index contributed by atoms with van der Waals surface area (Å²) in [6, 6.07) is 18.2.